The maximum Gasteiger partial charge on any atom is 0.251 e. The Bertz CT molecular complexity index is 973. The molecule has 0 bridgehead atoms. The predicted octanol–water partition coefficient (Wildman–Crippen LogP) is 4.13. The molecule has 5 nitrogen and oxygen atoms in total. The zero-order chi connectivity index (χ0) is 20.8. The number of aromatic nitrogens is 1. The largest absolute Gasteiger partial charge is 0.345 e. The van der Waals surface area contributed by atoms with Crippen molar-refractivity contribution in [1.29, 1.82) is 0 Å². The van der Waals surface area contributed by atoms with Gasteiger partial charge in [-0.1, -0.05) is 54.6 Å². The van der Waals surface area contributed by atoms with Crippen LogP contribution in [0.2, 0.25) is 0 Å². The van der Waals surface area contributed by atoms with E-state index in [1.54, 1.807) is 24.5 Å². The third kappa shape index (κ3) is 5.11. The van der Waals surface area contributed by atoms with Gasteiger partial charge in [-0.2, -0.15) is 0 Å². The van der Waals surface area contributed by atoms with E-state index in [4.69, 9.17) is 0 Å². The Balaban J connectivity index is 1.51. The van der Waals surface area contributed by atoms with Crippen LogP contribution in [0.15, 0.2) is 85.2 Å². The average Bonchev–Trinajstić information content (AvgIpc) is 3.64. The molecule has 2 amide bonds. The number of benzene rings is 2. The minimum Gasteiger partial charge on any atom is -0.345 e. The van der Waals surface area contributed by atoms with E-state index in [0.717, 1.165) is 24.0 Å². The van der Waals surface area contributed by atoms with Crippen LogP contribution in [0.5, 0.6) is 0 Å². The summed E-state index contributed by atoms with van der Waals surface area (Å²) >= 11 is 0. The van der Waals surface area contributed by atoms with E-state index in [-0.39, 0.29) is 30.3 Å². The normalized spacial score (nSPS) is 14.0. The van der Waals surface area contributed by atoms with Gasteiger partial charge >= 0.3 is 0 Å². The van der Waals surface area contributed by atoms with Gasteiger partial charge < -0.3 is 10.2 Å². The second kappa shape index (κ2) is 9.35. The molecule has 4 rings (SSSR count). The monoisotopic (exact) mass is 399 g/mol. The highest BCUT2D eigenvalue weighted by molar-refractivity contribution is 5.94. The number of nitrogens with one attached hydrogen (secondary N) is 1. The molecule has 3 aromatic rings. The van der Waals surface area contributed by atoms with Crippen molar-refractivity contribution in [3.05, 3.63) is 102 Å². The highest BCUT2D eigenvalue weighted by Gasteiger charge is 2.34. The van der Waals surface area contributed by atoms with Crippen LogP contribution in [-0.2, 0) is 11.3 Å². The van der Waals surface area contributed by atoms with Crippen molar-refractivity contribution >= 4 is 11.8 Å². The lowest BCUT2D eigenvalue weighted by atomic mass is 10.0. The smallest absolute Gasteiger partial charge is 0.251 e. The molecule has 1 saturated carbocycles. The summed E-state index contributed by atoms with van der Waals surface area (Å²) in [4.78, 5) is 32.2. The molecule has 1 N–H and O–H groups in total. The van der Waals surface area contributed by atoms with Gasteiger partial charge in [0, 0.05) is 30.5 Å². The van der Waals surface area contributed by atoms with Crippen molar-refractivity contribution < 1.29 is 9.59 Å². The molecule has 1 fully saturated rings. The van der Waals surface area contributed by atoms with Gasteiger partial charge in [-0.25, -0.2) is 0 Å². The van der Waals surface area contributed by atoms with Crippen LogP contribution in [0, 0.1) is 0 Å². The lowest BCUT2D eigenvalue weighted by Crippen LogP contribution is -2.37. The number of carbonyl (C=O) groups excluding carboxylic acids is 2. The van der Waals surface area contributed by atoms with Crippen molar-refractivity contribution in [2.45, 2.75) is 37.9 Å². The molecule has 30 heavy (non-hydrogen) atoms. The fraction of sp³-hybridized carbons (Fsp3) is 0.240. The second-order valence-electron chi connectivity index (χ2n) is 7.62. The number of pyridine rings is 1. The number of hydrogen-bond donors (Lipinski definition) is 1. The molecule has 0 spiro atoms. The van der Waals surface area contributed by atoms with Crippen molar-refractivity contribution in [1.82, 2.24) is 15.2 Å². The molecule has 5 heteroatoms. The molecule has 152 valence electrons. The SMILES string of the molecule is O=C(NC(CC(=O)N(Cc1cccnc1)C1CC1)c1ccccc1)c1ccccc1. The first-order valence-electron chi connectivity index (χ1n) is 10.3. The Morgan fingerprint density at radius 1 is 0.967 bits per heavy atom. The van der Waals surface area contributed by atoms with E-state index in [1.807, 2.05) is 65.6 Å². The van der Waals surface area contributed by atoms with Crippen LogP contribution in [0.25, 0.3) is 0 Å². The zero-order valence-electron chi connectivity index (χ0n) is 16.8. The van der Waals surface area contributed by atoms with E-state index >= 15 is 0 Å². The predicted molar refractivity (Wildman–Crippen MR) is 116 cm³/mol. The zero-order valence-corrected chi connectivity index (χ0v) is 16.8. The fourth-order valence-corrected chi connectivity index (χ4v) is 3.56. The van der Waals surface area contributed by atoms with E-state index < -0.39 is 0 Å². The molecule has 1 aliphatic carbocycles. The van der Waals surface area contributed by atoms with E-state index in [1.165, 1.54) is 0 Å². The van der Waals surface area contributed by atoms with Crippen LogP contribution in [-0.4, -0.2) is 27.7 Å². The minimum absolute atomic E-state index is 0.0450. The lowest BCUT2D eigenvalue weighted by Gasteiger charge is -2.26. The van der Waals surface area contributed by atoms with Gasteiger partial charge in [0.2, 0.25) is 5.91 Å². The molecule has 1 aromatic heterocycles. The van der Waals surface area contributed by atoms with Crippen LogP contribution >= 0.6 is 0 Å². The third-order valence-electron chi connectivity index (χ3n) is 5.31. The van der Waals surface area contributed by atoms with Gasteiger partial charge in [0.15, 0.2) is 0 Å². The lowest BCUT2D eigenvalue weighted by molar-refractivity contribution is -0.133. The molecule has 1 atom stereocenters. The van der Waals surface area contributed by atoms with Crippen molar-refractivity contribution in [2.75, 3.05) is 0 Å². The molecule has 1 aliphatic rings. The van der Waals surface area contributed by atoms with Gasteiger partial charge in [-0.05, 0) is 42.2 Å². The van der Waals surface area contributed by atoms with Crippen LogP contribution in [0.4, 0.5) is 0 Å². The Labute approximate surface area is 176 Å². The van der Waals surface area contributed by atoms with Crippen molar-refractivity contribution in [3.8, 4) is 0 Å². The molecule has 0 radical (unpaired) electrons. The third-order valence-corrected chi connectivity index (χ3v) is 5.31. The summed E-state index contributed by atoms with van der Waals surface area (Å²) in [6.07, 6.45) is 5.81. The molecule has 0 aliphatic heterocycles. The Kier molecular flexibility index (Phi) is 6.18. The first-order valence-corrected chi connectivity index (χ1v) is 10.3. The second-order valence-corrected chi connectivity index (χ2v) is 7.62. The molecular weight excluding hydrogens is 374 g/mol. The quantitative estimate of drug-likeness (QED) is 0.619. The fourth-order valence-electron chi connectivity index (χ4n) is 3.56. The minimum atomic E-state index is -0.387. The maximum absolute atomic E-state index is 13.3. The Morgan fingerprint density at radius 3 is 2.30 bits per heavy atom. The summed E-state index contributed by atoms with van der Waals surface area (Å²) in [7, 11) is 0. The first kappa shape index (κ1) is 19.8. The topological polar surface area (TPSA) is 62.3 Å². The van der Waals surface area contributed by atoms with Gasteiger partial charge in [0.1, 0.15) is 0 Å². The van der Waals surface area contributed by atoms with E-state index in [9.17, 15) is 9.59 Å². The van der Waals surface area contributed by atoms with Crippen LogP contribution in [0.3, 0.4) is 0 Å². The van der Waals surface area contributed by atoms with Gasteiger partial charge in [0.25, 0.3) is 5.91 Å². The summed E-state index contributed by atoms with van der Waals surface area (Å²) < 4.78 is 0. The van der Waals surface area contributed by atoms with Crippen molar-refractivity contribution in [3.63, 3.8) is 0 Å². The molecule has 2 aromatic carbocycles. The molecule has 1 heterocycles. The average molecular weight is 399 g/mol. The standard InChI is InChI=1S/C25H25N3O2/c29-24(28(22-13-14-22)18-19-8-7-15-26-17-19)16-23(20-9-3-1-4-10-20)27-25(30)21-11-5-2-6-12-21/h1-12,15,17,22-23H,13-14,16,18H2,(H,27,30). The first-order chi connectivity index (χ1) is 14.7. The van der Waals surface area contributed by atoms with Gasteiger partial charge in [-0.3, -0.25) is 14.6 Å². The summed E-state index contributed by atoms with van der Waals surface area (Å²) in [5.74, 6) is -0.133. The van der Waals surface area contributed by atoms with Crippen LogP contribution in [0.1, 0.15) is 46.8 Å². The van der Waals surface area contributed by atoms with Gasteiger partial charge in [0.05, 0.1) is 12.5 Å². The number of rotatable bonds is 8. The molecular formula is C25H25N3O2. The van der Waals surface area contributed by atoms with E-state index in [2.05, 4.69) is 10.3 Å². The van der Waals surface area contributed by atoms with Gasteiger partial charge in [-0.15, -0.1) is 0 Å². The van der Waals surface area contributed by atoms with E-state index in [0.29, 0.717) is 12.1 Å². The Morgan fingerprint density at radius 2 is 1.67 bits per heavy atom. The highest BCUT2D eigenvalue weighted by Crippen LogP contribution is 2.30. The summed E-state index contributed by atoms with van der Waals surface area (Å²) in [6, 6.07) is 22.5. The number of amides is 2. The molecule has 0 saturated heterocycles. The number of nitrogens with zero attached hydrogens (tertiary/aromatic N) is 2. The van der Waals surface area contributed by atoms with Crippen molar-refractivity contribution in [2.24, 2.45) is 0 Å². The number of hydrogen-bond acceptors (Lipinski definition) is 3. The Hall–Kier alpha value is -3.47. The van der Waals surface area contributed by atoms with Crippen LogP contribution < -0.4 is 5.32 Å². The highest BCUT2D eigenvalue weighted by atomic mass is 16.2. The maximum atomic E-state index is 13.3. The summed E-state index contributed by atoms with van der Waals surface area (Å²) in [5, 5.41) is 3.06. The summed E-state index contributed by atoms with van der Waals surface area (Å²) in [6.45, 7) is 0.547. The summed E-state index contributed by atoms with van der Waals surface area (Å²) in [5.41, 5.74) is 2.52. The molecule has 1 unspecified atom stereocenters. The number of carbonyl (C=O) groups is 2.